The largest absolute Gasteiger partial charge is 0.331 e. The van der Waals surface area contributed by atoms with E-state index >= 15 is 0 Å². The molecule has 2 heterocycles. The first-order valence-corrected chi connectivity index (χ1v) is 6.46. The zero-order valence-corrected chi connectivity index (χ0v) is 11.5. The highest BCUT2D eigenvalue weighted by molar-refractivity contribution is 5.74. The number of fused-ring (bicyclic) bond motifs is 1. The second-order valence-corrected chi connectivity index (χ2v) is 4.58. The molecule has 102 valence electrons. The van der Waals surface area contributed by atoms with Crippen LogP contribution in [0.5, 0.6) is 0 Å². The van der Waals surface area contributed by atoms with Gasteiger partial charge in [0, 0.05) is 18.8 Å². The van der Waals surface area contributed by atoms with Gasteiger partial charge in [-0.15, -0.1) is 10.2 Å². The summed E-state index contributed by atoms with van der Waals surface area (Å²) in [7, 11) is 0. The fraction of sp³-hybridized carbons (Fsp3) is 0.462. The van der Waals surface area contributed by atoms with E-state index in [1.807, 2.05) is 49.6 Å². The third kappa shape index (κ3) is 2.83. The first kappa shape index (κ1) is 13.3. The molecular formula is C13H19N5O. The van der Waals surface area contributed by atoms with Gasteiger partial charge in [-0.3, -0.25) is 4.40 Å². The van der Waals surface area contributed by atoms with Crippen molar-refractivity contribution in [3.05, 3.63) is 30.2 Å². The summed E-state index contributed by atoms with van der Waals surface area (Å²) in [6.07, 6.45) is 1.89. The maximum Gasteiger partial charge on any atom is 0.317 e. The number of urea groups is 1. The Bertz CT molecular complexity index is 563. The SMILES string of the molecule is CCN(C(=O)NCc1nnc2ccccn12)C(C)C. The van der Waals surface area contributed by atoms with E-state index in [-0.39, 0.29) is 12.1 Å². The summed E-state index contributed by atoms with van der Waals surface area (Å²) < 4.78 is 1.87. The topological polar surface area (TPSA) is 62.5 Å². The summed E-state index contributed by atoms with van der Waals surface area (Å²) in [6, 6.07) is 5.80. The van der Waals surface area contributed by atoms with E-state index in [1.54, 1.807) is 4.90 Å². The molecule has 2 rings (SSSR count). The molecular weight excluding hydrogens is 242 g/mol. The molecule has 0 fully saturated rings. The summed E-state index contributed by atoms with van der Waals surface area (Å²) in [6.45, 7) is 7.01. The minimum Gasteiger partial charge on any atom is -0.331 e. The minimum absolute atomic E-state index is 0.0785. The van der Waals surface area contributed by atoms with Crippen LogP contribution in [0.1, 0.15) is 26.6 Å². The molecule has 6 heteroatoms. The Labute approximate surface area is 112 Å². The van der Waals surface area contributed by atoms with Crippen molar-refractivity contribution in [3.8, 4) is 0 Å². The number of amides is 2. The Balaban J connectivity index is 2.04. The lowest BCUT2D eigenvalue weighted by Crippen LogP contribution is -2.43. The number of pyridine rings is 1. The second-order valence-electron chi connectivity index (χ2n) is 4.58. The van der Waals surface area contributed by atoms with Gasteiger partial charge in [-0.05, 0) is 32.9 Å². The first-order valence-electron chi connectivity index (χ1n) is 6.46. The van der Waals surface area contributed by atoms with E-state index in [1.165, 1.54) is 0 Å². The molecule has 0 atom stereocenters. The van der Waals surface area contributed by atoms with Gasteiger partial charge < -0.3 is 10.2 Å². The van der Waals surface area contributed by atoms with Crippen molar-refractivity contribution < 1.29 is 4.79 Å². The fourth-order valence-electron chi connectivity index (χ4n) is 2.01. The Morgan fingerprint density at radius 2 is 2.21 bits per heavy atom. The van der Waals surface area contributed by atoms with Crippen LogP contribution in [0.2, 0.25) is 0 Å². The molecule has 0 radical (unpaired) electrons. The maximum absolute atomic E-state index is 12.0. The lowest BCUT2D eigenvalue weighted by atomic mass is 10.3. The van der Waals surface area contributed by atoms with Gasteiger partial charge in [-0.25, -0.2) is 4.79 Å². The summed E-state index contributed by atoms with van der Waals surface area (Å²) in [5.74, 6) is 0.726. The summed E-state index contributed by atoms with van der Waals surface area (Å²) >= 11 is 0. The predicted molar refractivity (Wildman–Crippen MR) is 72.7 cm³/mol. The van der Waals surface area contributed by atoms with Crippen LogP contribution in [0, 0.1) is 0 Å². The van der Waals surface area contributed by atoms with Crippen LogP contribution < -0.4 is 5.32 Å². The zero-order valence-electron chi connectivity index (χ0n) is 11.5. The Morgan fingerprint density at radius 3 is 2.89 bits per heavy atom. The average Bonchev–Trinajstić information content (AvgIpc) is 2.80. The van der Waals surface area contributed by atoms with Crippen molar-refractivity contribution in [1.29, 1.82) is 0 Å². The van der Waals surface area contributed by atoms with Crippen LogP contribution >= 0.6 is 0 Å². The van der Waals surface area contributed by atoms with Crippen molar-refractivity contribution in [3.63, 3.8) is 0 Å². The van der Waals surface area contributed by atoms with Crippen molar-refractivity contribution in [2.45, 2.75) is 33.4 Å². The average molecular weight is 261 g/mol. The van der Waals surface area contributed by atoms with Gasteiger partial charge in [0.05, 0.1) is 6.54 Å². The molecule has 1 N–H and O–H groups in total. The highest BCUT2D eigenvalue weighted by atomic mass is 16.2. The molecule has 0 aliphatic heterocycles. The molecule has 0 aliphatic carbocycles. The Hall–Kier alpha value is -2.11. The summed E-state index contributed by atoms with van der Waals surface area (Å²) in [5.41, 5.74) is 0.781. The number of carbonyl (C=O) groups is 1. The highest BCUT2D eigenvalue weighted by Gasteiger charge is 2.15. The van der Waals surface area contributed by atoms with Crippen molar-refractivity contribution in [2.75, 3.05) is 6.54 Å². The van der Waals surface area contributed by atoms with Gasteiger partial charge in [-0.2, -0.15) is 0 Å². The van der Waals surface area contributed by atoms with Crippen LogP contribution in [-0.2, 0) is 6.54 Å². The van der Waals surface area contributed by atoms with E-state index in [4.69, 9.17) is 0 Å². The van der Waals surface area contributed by atoms with Crippen LogP contribution in [-0.4, -0.2) is 38.1 Å². The van der Waals surface area contributed by atoms with E-state index in [0.717, 1.165) is 11.5 Å². The molecule has 2 amide bonds. The summed E-state index contributed by atoms with van der Waals surface area (Å²) in [4.78, 5) is 13.8. The number of nitrogens with zero attached hydrogens (tertiary/aromatic N) is 4. The van der Waals surface area contributed by atoms with Crippen LogP contribution in [0.3, 0.4) is 0 Å². The lowest BCUT2D eigenvalue weighted by Gasteiger charge is -2.25. The number of carbonyl (C=O) groups excluding carboxylic acids is 1. The quantitative estimate of drug-likeness (QED) is 0.910. The molecule has 2 aromatic rings. The minimum atomic E-state index is -0.0785. The number of nitrogens with one attached hydrogen (secondary N) is 1. The Morgan fingerprint density at radius 1 is 1.42 bits per heavy atom. The van der Waals surface area contributed by atoms with Gasteiger partial charge in [0.2, 0.25) is 0 Å². The monoisotopic (exact) mass is 261 g/mol. The Kier molecular flexibility index (Phi) is 3.99. The van der Waals surface area contributed by atoms with Crippen molar-refractivity contribution in [1.82, 2.24) is 24.8 Å². The molecule has 0 saturated heterocycles. The zero-order chi connectivity index (χ0) is 13.8. The van der Waals surface area contributed by atoms with Crippen LogP contribution in [0.25, 0.3) is 5.65 Å². The van der Waals surface area contributed by atoms with Gasteiger partial charge in [-0.1, -0.05) is 6.07 Å². The number of hydrogen-bond donors (Lipinski definition) is 1. The molecule has 0 bridgehead atoms. The molecule has 0 aliphatic rings. The van der Waals surface area contributed by atoms with E-state index in [9.17, 15) is 4.79 Å². The van der Waals surface area contributed by atoms with Crippen LogP contribution in [0.4, 0.5) is 4.79 Å². The smallest absolute Gasteiger partial charge is 0.317 e. The van der Waals surface area contributed by atoms with Gasteiger partial charge in [0.25, 0.3) is 0 Å². The third-order valence-corrected chi connectivity index (χ3v) is 3.01. The summed E-state index contributed by atoms with van der Waals surface area (Å²) in [5, 5.41) is 11.0. The van der Waals surface area contributed by atoms with Crippen molar-refractivity contribution >= 4 is 11.7 Å². The van der Waals surface area contributed by atoms with Gasteiger partial charge in [0.15, 0.2) is 11.5 Å². The van der Waals surface area contributed by atoms with Crippen molar-refractivity contribution in [2.24, 2.45) is 0 Å². The normalized spacial score (nSPS) is 10.9. The molecule has 0 saturated carbocycles. The highest BCUT2D eigenvalue weighted by Crippen LogP contribution is 2.03. The van der Waals surface area contributed by atoms with E-state index in [2.05, 4.69) is 15.5 Å². The first-order chi connectivity index (χ1) is 9.13. The molecule has 0 aromatic carbocycles. The van der Waals surface area contributed by atoms with E-state index < -0.39 is 0 Å². The molecule has 0 unspecified atom stereocenters. The second kappa shape index (κ2) is 5.69. The third-order valence-electron chi connectivity index (χ3n) is 3.01. The maximum atomic E-state index is 12.0. The number of rotatable bonds is 4. The predicted octanol–water partition coefficient (Wildman–Crippen LogP) is 1.67. The molecule has 6 nitrogen and oxygen atoms in total. The van der Waals surface area contributed by atoms with Crippen LogP contribution in [0.15, 0.2) is 24.4 Å². The van der Waals surface area contributed by atoms with Gasteiger partial charge >= 0.3 is 6.03 Å². The fourth-order valence-corrected chi connectivity index (χ4v) is 2.01. The molecule has 0 spiro atoms. The standard InChI is InChI=1S/C13H19N5O/c1-4-17(10(2)3)13(19)14-9-12-16-15-11-7-5-6-8-18(11)12/h5-8,10H,4,9H2,1-3H3,(H,14,19). The number of aromatic nitrogens is 3. The molecule has 2 aromatic heterocycles. The molecule has 19 heavy (non-hydrogen) atoms. The van der Waals surface area contributed by atoms with Gasteiger partial charge in [0.1, 0.15) is 0 Å². The lowest BCUT2D eigenvalue weighted by molar-refractivity contribution is 0.186. The number of hydrogen-bond acceptors (Lipinski definition) is 3. The van der Waals surface area contributed by atoms with E-state index in [0.29, 0.717) is 13.1 Å².